The van der Waals surface area contributed by atoms with Gasteiger partial charge in [-0.1, -0.05) is 31.5 Å². The van der Waals surface area contributed by atoms with Gasteiger partial charge < -0.3 is 14.7 Å². The molecule has 2 aromatic heterocycles. The van der Waals surface area contributed by atoms with Gasteiger partial charge in [-0.25, -0.2) is 0 Å². The van der Waals surface area contributed by atoms with Gasteiger partial charge in [-0.3, -0.25) is 4.79 Å². The van der Waals surface area contributed by atoms with Gasteiger partial charge in [-0.05, 0) is 24.6 Å². The summed E-state index contributed by atoms with van der Waals surface area (Å²) in [5.74, 6) is -0.428. The fourth-order valence-corrected chi connectivity index (χ4v) is 2.53. The first-order valence-corrected chi connectivity index (χ1v) is 7.62. The van der Waals surface area contributed by atoms with E-state index in [1.807, 2.05) is 28.8 Å². The second-order valence-electron chi connectivity index (χ2n) is 5.28. The molecule has 0 unspecified atom stereocenters. The Hall–Kier alpha value is -2.89. The lowest BCUT2D eigenvalue weighted by molar-refractivity contribution is 0.0991. The van der Waals surface area contributed by atoms with Gasteiger partial charge in [0.05, 0.1) is 5.52 Å². The summed E-state index contributed by atoms with van der Waals surface area (Å²) in [5, 5.41) is 19.0. The molecule has 0 aliphatic heterocycles. The van der Waals surface area contributed by atoms with Crippen molar-refractivity contribution in [3.63, 3.8) is 0 Å². The second kappa shape index (κ2) is 6.48. The molecule has 0 aliphatic carbocycles. The van der Waals surface area contributed by atoms with Crippen LogP contribution in [0.4, 0.5) is 5.69 Å². The van der Waals surface area contributed by atoms with Crippen molar-refractivity contribution in [2.45, 2.75) is 26.3 Å². The van der Waals surface area contributed by atoms with Gasteiger partial charge >= 0.3 is 5.91 Å². The summed E-state index contributed by atoms with van der Waals surface area (Å²) in [6.45, 7) is 2.79. The Morgan fingerprint density at radius 3 is 2.83 bits per heavy atom. The maximum atomic E-state index is 11.9. The van der Waals surface area contributed by atoms with Gasteiger partial charge in [-0.15, -0.1) is 10.2 Å². The molecule has 0 spiro atoms. The van der Waals surface area contributed by atoms with Gasteiger partial charge in [-0.2, -0.15) is 0 Å². The van der Waals surface area contributed by atoms with E-state index in [1.54, 1.807) is 18.3 Å². The number of hydrogen-bond acceptors (Lipinski definition) is 3. The number of aromatic hydroxyl groups is 1. The number of fused-ring (bicyclic) bond motifs is 1. The molecular formula is C17H18N4O2. The summed E-state index contributed by atoms with van der Waals surface area (Å²) in [4.78, 5) is 14.7. The Morgan fingerprint density at radius 2 is 2.09 bits per heavy atom. The standard InChI is InChI=1S/C17H18N4O2/c1-2-3-11-21-14-9-5-4-7-12(14)15(17(21)23)19-20-16(22)13-8-6-10-18-13/h4-10,18,23H,2-3,11H2,1H3. The van der Waals surface area contributed by atoms with E-state index in [0.717, 1.165) is 23.7 Å². The van der Waals surface area contributed by atoms with E-state index < -0.39 is 5.91 Å². The number of hydrogen-bond donors (Lipinski definition) is 2. The average molecular weight is 310 g/mol. The molecule has 2 heterocycles. The lowest BCUT2D eigenvalue weighted by Gasteiger charge is -2.05. The van der Waals surface area contributed by atoms with E-state index in [2.05, 4.69) is 22.1 Å². The number of azo groups is 1. The molecule has 3 rings (SSSR count). The molecular weight excluding hydrogens is 292 g/mol. The normalized spacial score (nSPS) is 11.5. The first-order chi connectivity index (χ1) is 11.2. The Kier molecular flexibility index (Phi) is 4.23. The molecule has 0 radical (unpaired) electrons. The number of nitrogens with zero attached hydrogens (tertiary/aromatic N) is 3. The van der Waals surface area contributed by atoms with Crippen molar-refractivity contribution in [2.75, 3.05) is 0 Å². The van der Waals surface area contributed by atoms with Crippen molar-refractivity contribution in [1.29, 1.82) is 0 Å². The van der Waals surface area contributed by atoms with Gasteiger partial charge in [0.2, 0.25) is 5.88 Å². The molecule has 6 nitrogen and oxygen atoms in total. The molecule has 0 bridgehead atoms. The highest BCUT2D eigenvalue weighted by molar-refractivity contribution is 5.96. The van der Waals surface area contributed by atoms with Gasteiger partial charge in [0.1, 0.15) is 5.69 Å². The number of carbonyl (C=O) groups excluding carboxylic acids is 1. The van der Waals surface area contributed by atoms with Crippen LogP contribution in [0.2, 0.25) is 0 Å². The van der Waals surface area contributed by atoms with Crippen LogP contribution in [0.25, 0.3) is 10.9 Å². The highest BCUT2D eigenvalue weighted by Crippen LogP contribution is 2.39. The SMILES string of the molecule is CCCCn1c(O)c(N=NC(=O)c2ccc[nH]2)c2ccccc21. The highest BCUT2D eigenvalue weighted by atomic mass is 16.3. The van der Waals surface area contributed by atoms with E-state index in [-0.39, 0.29) is 5.88 Å². The van der Waals surface area contributed by atoms with E-state index in [0.29, 0.717) is 17.9 Å². The molecule has 6 heteroatoms. The molecule has 0 saturated carbocycles. The molecule has 2 N–H and O–H groups in total. The Labute approximate surface area is 133 Å². The van der Waals surface area contributed by atoms with Crippen LogP contribution >= 0.6 is 0 Å². The first-order valence-electron chi connectivity index (χ1n) is 7.62. The van der Waals surface area contributed by atoms with Crippen molar-refractivity contribution in [2.24, 2.45) is 10.2 Å². The minimum absolute atomic E-state index is 0.0442. The minimum atomic E-state index is -0.472. The van der Waals surface area contributed by atoms with Crippen molar-refractivity contribution in [1.82, 2.24) is 9.55 Å². The van der Waals surface area contributed by atoms with Crippen molar-refractivity contribution >= 4 is 22.5 Å². The van der Waals surface area contributed by atoms with E-state index in [4.69, 9.17) is 0 Å². The van der Waals surface area contributed by atoms with Crippen molar-refractivity contribution < 1.29 is 9.90 Å². The monoisotopic (exact) mass is 310 g/mol. The first kappa shape index (κ1) is 15.0. The predicted molar refractivity (Wildman–Crippen MR) is 88.2 cm³/mol. The molecule has 0 fully saturated rings. The Bertz CT molecular complexity index is 847. The molecule has 1 aromatic carbocycles. The van der Waals surface area contributed by atoms with Crippen LogP contribution in [0.3, 0.4) is 0 Å². The quantitative estimate of drug-likeness (QED) is 0.685. The van der Waals surface area contributed by atoms with Crippen LogP contribution in [0.15, 0.2) is 52.8 Å². The number of nitrogens with one attached hydrogen (secondary N) is 1. The zero-order valence-corrected chi connectivity index (χ0v) is 12.9. The van der Waals surface area contributed by atoms with Crippen LogP contribution in [-0.2, 0) is 6.54 Å². The van der Waals surface area contributed by atoms with Crippen LogP contribution in [-0.4, -0.2) is 20.6 Å². The smallest absolute Gasteiger partial charge is 0.311 e. The summed E-state index contributed by atoms with van der Waals surface area (Å²) in [6, 6.07) is 10.9. The molecule has 0 atom stereocenters. The van der Waals surface area contributed by atoms with Gasteiger partial charge in [0.25, 0.3) is 0 Å². The molecule has 1 amide bonds. The van der Waals surface area contributed by atoms with E-state index >= 15 is 0 Å². The maximum Gasteiger partial charge on any atom is 0.311 e. The number of carbonyl (C=O) groups is 1. The third-order valence-electron chi connectivity index (χ3n) is 3.72. The number of benzene rings is 1. The van der Waals surface area contributed by atoms with Crippen molar-refractivity contribution in [3.05, 3.63) is 48.3 Å². The minimum Gasteiger partial charge on any atom is -0.493 e. The Morgan fingerprint density at radius 1 is 1.26 bits per heavy atom. The van der Waals surface area contributed by atoms with Crippen LogP contribution in [0, 0.1) is 0 Å². The fraction of sp³-hybridized carbons (Fsp3) is 0.235. The maximum absolute atomic E-state index is 11.9. The predicted octanol–water partition coefficient (Wildman–Crippen LogP) is 4.40. The summed E-state index contributed by atoms with van der Waals surface area (Å²) < 4.78 is 1.81. The highest BCUT2D eigenvalue weighted by Gasteiger charge is 2.16. The van der Waals surface area contributed by atoms with E-state index in [1.165, 1.54) is 0 Å². The largest absolute Gasteiger partial charge is 0.493 e. The molecule has 0 aliphatic rings. The molecule has 3 aromatic rings. The summed E-state index contributed by atoms with van der Waals surface area (Å²) >= 11 is 0. The molecule has 23 heavy (non-hydrogen) atoms. The number of aromatic nitrogens is 2. The second-order valence-corrected chi connectivity index (χ2v) is 5.28. The third-order valence-corrected chi connectivity index (χ3v) is 3.72. The topological polar surface area (TPSA) is 82.7 Å². The lowest BCUT2D eigenvalue weighted by Crippen LogP contribution is -1.96. The Balaban J connectivity index is 2.00. The molecule has 118 valence electrons. The van der Waals surface area contributed by atoms with Gasteiger partial charge in [0.15, 0.2) is 5.69 Å². The number of aryl methyl sites for hydroxylation is 1. The number of amides is 1. The average Bonchev–Trinajstić information content (AvgIpc) is 3.18. The van der Waals surface area contributed by atoms with Crippen LogP contribution in [0.5, 0.6) is 5.88 Å². The zero-order valence-electron chi connectivity index (χ0n) is 12.9. The number of unbranched alkanes of at least 4 members (excludes halogenated alkanes) is 1. The number of H-pyrrole nitrogens is 1. The number of para-hydroxylation sites is 1. The van der Waals surface area contributed by atoms with Crippen LogP contribution in [0.1, 0.15) is 30.3 Å². The summed E-state index contributed by atoms with van der Waals surface area (Å²) in [6.07, 6.45) is 3.62. The summed E-state index contributed by atoms with van der Waals surface area (Å²) in [7, 11) is 0. The summed E-state index contributed by atoms with van der Waals surface area (Å²) in [5.41, 5.74) is 1.58. The van der Waals surface area contributed by atoms with E-state index in [9.17, 15) is 9.90 Å². The van der Waals surface area contributed by atoms with Crippen LogP contribution < -0.4 is 0 Å². The fourth-order valence-electron chi connectivity index (χ4n) is 2.53. The number of rotatable bonds is 5. The zero-order chi connectivity index (χ0) is 16.2. The van der Waals surface area contributed by atoms with Gasteiger partial charge in [0, 0.05) is 18.1 Å². The van der Waals surface area contributed by atoms with Crippen molar-refractivity contribution in [3.8, 4) is 5.88 Å². The lowest BCUT2D eigenvalue weighted by atomic mass is 10.2. The third kappa shape index (κ3) is 2.88. The number of aromatic amines is 1. The molecule has 0 saturated heterocycles.